The van der Waals surface area contributed by atoms with E-state index >= 15 is 0 Å². The summed E-state index contributed by atoms with van der Waals surface area (Å²) in [6.07, 6.45) is 4.76. The van der Waals surface area contributed by atoms with E-state index in [0.717, 1.165) is 23.9 Å². The maximum Gasteiger partial charge on any atom is 0.134 e. The van der Waals surface area contributed by atoms with Crippen LogP contribution in [0.15, 0.2) is 48.5 Å². The van der Waals surface area contributed by atoms with E-state index in [1.165, 1.54) is 47.0 Å². The first-order valence-electron chi connectivity index (χ1n) is 14.2. The van der Waals surface area contributed by atoms with Gasteiger partial charge in [-0.2, -0.15) is 0 Å². The van der Waals surface area contributed by atoms with Crippen molar-refractivity contribution < 1.29 is 8.78 Å². The average Bonchev–Trinajstić information content (AvgIpc) is 3.65. The predicted octanol–water partition coefficient (Wildman–Crippen LogP) is 6.10. The lowest BCUT2D eigenvalue weighted by atomic mass is 9.82. The van der Waals surface area contributed by atoms with Crippen LogP contribution in [0, 0.1) is 11.8 Å². The van der Waals surface area contributed by atoms with Gasteiger partial charge in [-0.3, -0.25) is 14.2 Å². The number of alkyl halides is 2. The smallest absolute Gasteiger partial charge is 0.134 e. The molecular formula is C31H38F2N4. The molecule has 196 valence electrons. The Hall–Kier alpha value is -2.44. The Balaban J connectivity index is 1.18. The second kappa shape index (κ2) is 9.39. The van der Waals surface area contributed by atoms with E-state index < -0.39 is 6.17 Å². The molecule has 1 aromatic heterocycles. The number of H-pyrrole nitrogens is 1. The van der Waals surface area contributed by atoms with Crippen molar-refractivity contribution in [3.63, 3.8) is 0 Å². The number of hydrogen-bond donors (Lipinski definition) is 2. The molecule has 2 aromatic carbocycles. The zero-order valence-electron chi connectivity index (χ0n) is 21.7. The van der Waals surface area contributed by atoms with Crippen LogP contribution < -0.4 is 5.32 Å². The lowest BCUT2D eigenvalue weighted by Gasteiger charge is -2.46. The minimum atomic E-state index is -0.934. The Labute approximate surface area is 218 Å². The molecule has 5 aliphatic rings. The molecular weight excluding hydrogens is 466 g/mol. The van der Waals surface area contributed by atoms with E-state index in [-0.39, 0.29) is 18.8 Å². The number of nitrogens with one attached hydrogen (secondary N) is 2. The van der Waals surface area contributed by atoms with E-state index in [9.17, 15) is 8.78 Å². The molecule has 6 heteroatoms. The van der Waals surface area contributed by atoms with Crippen molar-refractivity contribution in [2.75, 3.05) is 31.6 Å². The lowest BCUT2D eigenvalue weighted by molar-refractivity contribution is 0.0712. The van der Waals surface area contributed by atoms with Gasteiger partial charge in [-0.1, -0.05) is 30.3 Å². The van der Waals surface area contributed by atoms with Crippen molar-refractivity contribution in [1.82, 2.24) is 14.8 Å². The molecule has 0 spiro atoms. The number of fused-ring (bicyclic) bond motifs is 4. The molecule has 0 unspecified atom stereocenters. The number of aromatic nitrogens is 1. The van der Waals surface area contributed by atoms with Gasteiger partial charge in [0.25, 0.3) is 0 Å². The molecule has 4 nitrogen and oxygen atoms in total. The summed E-state index contributed by atoms with van der Waals surface area (Å²) in [6, 6.07) is 18.6. The summed E-state index contributed by atoms with van der Waals surface area (Å²) in [6.45, 7) is 3.71. The fraction of sp³-hybridized carbons (Fsp3) is 0.548. The summed E-state index contributed by atoms with van der Waals surface area (Å²) in [5, 5.41) is 4.78. The number of benzene rings is 2. The third kappa shape index (κ3) is 4.08. The van der Waals surface area contributed by atoms with Crippen molar-refractivity contribution in [3.8, 4) is 0 Å². The van der Waals surface area contributed by atoms with E-state index in [0.29, 0.717) is 38.1 Å². The number of hydrogen-bond acceptors (Lipinski definition) is 3. The third-order valence-electron chi connectivity index (χ3n) is 9.71. The molecule has 4 fully saturated rings. The third-order valence-corrected chi connectivity index (χ3v) is 9.71. The number of aromatic amines is 1. The van der Waals surface area contributed by atoms with Gasteiger partial charge >= 0.3 is 0 Å². The Kier molecular flexibility index (Phi) is 6.00. The number of rotatable bonds is 7. The summed E-state index contributed by atoms with van der Waals surface area (Å²) in [7, 11) is 0. The van der Waals surface area contributed by atoms with Crippen LogP contribution in [-0.2, 0) is 6.42 Å². The normalized spacial score (nSPS) is 33.5. The zero-order valence-corrected chi connectivity index (χ0v) is 21.7. The summed E-state index contributed by atoms with van der Waals surface area (Å²) in [5.74, 6) is 1.76. The SMILES string of the molecule is C[C@@H]1Cc2c([nH]c3ccccc23)[C@@H](c2ccc(N[C@@H]3CN(CCCF)C[C@H]3F)cc2)N1[C@@H]1CC2CC1C2. The number of anilines is 1. The van der Waals surface area contributed by atoms with Crippen molar-refractivity contribution in [1.29, 1.82) is 0 Å². The molecule has 3 heterocycles. The van der Waals surface area contributed by atoms with Gasteiger partial charge in [0.2, 0.25) is 0 Å². The fourth-order valence-electron chi connectivity index (χ4n) is 7.95. The molecule has 5 atom stereocenters. The largest absolute Gasteiger partial charge is 0.378 e. The molecule has 2 N–H and O–H groups in total. The molecule has 2 aliphatic heterocycles. The molecule has 3 saturated carbocycles. The first kappa shape index (κ1) is 23.7. The van der Waals surface area contributed by atoms with Crippen molar-refractivity contribution in [2.45, 2.75) is 69.4 Å². The lowest BCUT2D eigenvalue weighted by Crippen LogP contribution is -2.49. The molecule has 3 aliphatic carbocycles. The highest BCUT2D eigenvalue weighted by atomic mass is 19.1. The van der Waals surface area contributed by atoms with Crippen LogP contribution in [0.1, 0.15) is 55.5 Å². The first-order chi connectivity index (χ1) is 18.1. The van der Waals surface area contributed by atoms with Crippen LogP contribution in [0.3, 0.4) is 0 Å². The van der Waals surface area contributed by atoms with Gasteiger partial charge in [-0.25, -0.2) is 4.39 Å². The standard InChI is InChI=1S/C31H38F2N4/c1-19-13-25-24-5-2-3-6-27(24)35-30(25)31(37(19)29-16-20-14-22(29)15-20)21-7-9-23(10-8-21)34-28-18-36(12-4-11-32)17-26(28)33/h2-3,5-10,19-20,22,26,28-29,31,34-35H,4,11-18H2,1H3/t19-,20?,22?,26-,28-,29-,31-/m1/s1. The minimum absolute atomic E-state index is 0.209. The highest BCUT2D eigenvalue weighted by molar-refractivity contribution is 5.85. The van der Waals surface area contributed by atoms with Crippen LogP contribution in [0.5, 0.6) is 0 Å². The summed E-state index contributed by atoms with van der Waals surface area (Å²) < 4.78 is 27.3. The van der Waals surface area contributed by atoms with Gasteiger partial charge in [-0.05, 0) is 80.2 Å². The molecule has 37 heavy (non-hydrogen) atoms. The van der Waals surface area contributed by atoms with E-state index in [2.05, 4.69) is 70.7 Å². The highest BCUT2D eigenvalue weighted by Gasteiger charge is 2.51. The van der Waals surface area contributed by atoms with Gasteiger partial charge in [0, 0.05) is 54.0 Å². The van der Waals surface area contributed by atoms with E-state index in [1.807, 2.05) is 4.90 Å². The number of halogens is 2. The Bertz CT molecular complexity index is 1250. The number of nitrogens with zero attached hydrogens (tertiary/aromatic N) is 2. The van der Waals surface area contributed by atoms with Crippen LogP contribution >= 0.6 is 0 Å². The monoisotopic (exact) mass is 504 g/mol. The second-order valence-corrected chi connectivity index (χ2v) is 12.1. The van der Waals surface area contributed by atoms with Crippen LogP contribution in [0.25, 0.3) is 10.9 Å². The molecule has 8 rings (SSSR count). The van der Waals surface area contributed by atoms with Crippen molar-refractivity contribution >= 4 is 16.6 Å². The Morgan fingerprint density at radius 2 is 1.84 bits per heavy atom. The predicted molar refractivity (Wildman–Crippen MR) is 146 cm³/mol. The number of likely N-dealkylation sites (tertiary alicyclic amines) is 1. The Morgan fingerprint density at radius 1 is 1.03 bits per heavy atom. The second-order valence-electron chi connectivity index (χ2n) is 12.1. The van der Waals surface area contributed by atoms with Gasteiger partial charge < -0.3 is 10.3 Å². The first-order valence-corrected chi connectivity index (χ1v) is 14.2. The Morgan fingerprint density at radius 3 is 2.59 bits per heavy atom. The summed E-state index contributed by atoms with van der Waals surface area (Å²) >= 11 is 0. The van der Waals surface area contributed by atoms with Crippen molar-refractivity contribution in [2.24, 2.45) is 11.8 Å². The molecule has 1 saturated heterocycles. The summed E-state index contributed by atoms with van der Waals surface area (Å²) in [5.41, 5.74) is 6.32. The van der Waals surface area contributed by atoms with E-state index in [1.54, 1.807) is 0 Å². The zero-order chi connectivity index (χ0) is 25.1. The van der Waals surface area contributed by atoms with Crippen LogP contribution in [0.2, 0.25) is 0 Å². The number of para-hydroxylation sites is 1. The van der Waals surface area contributed by atoms with Crippen LogP contribution in [-0.4, -0.2) is 65.4 Å². The quantitative estimate of drug-likeness (QED) is 0.408. The molecule has 2 bridgehead atoms. The average molecular weight is 505 g/mol. The van der Waals surface area contributed by atoms with Crippen LogP contribution in [0.4, 0.5) is 14.5 Å². The minimum Gasteiger partial charge on any atom is -0.378 e. The molecule has 0 radical (unpaired) electrons. The van der Waals surface area contributed by atoms with Gasteiger partial charge in [-0.15, -0.1) is 0 Å². The van der Waals surface area contributed by atoms with E-state index in [4.69, 9.17) is 0 Å². The van der Waals surface area contributed by atoms with Gasteiger partial charge in [0.05, 0.1) is 18.8 Å². The maximum absolute atomic E-state index is 14.7. The summed E-state index contributed by atoms with van der Waals surface area (Å²) in [4.78, 5) is 8.69. The van der Waals surface area contributed by atoms with Gasteiger partial charge in [0.1, 0.15) is 6.17 Å². The highest BCUT2D eigenvalue weighted by Crippen LogP contribution is 2.54. The maximum atomic E-state index is 14.7. The molecule has 3 aromatic rings. The molecule has 0 amide bonds. The topological polar surface area (TPSA) is 34.3 Å². The van der Waals surface area contributed by atoms with Gasteiger partial charge in [0.15, 0.2) is 0 Å². The van der Waals surface area contributed by atoms with Crippen molar-refractivity contribution in [3.05, 3.63) is 65.4 Å². The fourth-order valence-corrected chi connectivity index (χ4v) is 7.95.